The highest BCUT2D eigenvalue weighted by molar-refractivity contribution is 5.95. The first kappa shape index (κ1) is 32.2. The summed E-state index contributed by atoms with van der Waals surface area (Å²) in [6, 6.07) is 17.0. The molecule has 44 heavy (non-hydrogen) atoms. The van der Waals surface area contributed by atoms with Gasteiger partial charge in [0, 0.05) is 50.7 Å². The Morgan fingerprint density at radius 1 is 0.977 bits per heavy atom. The maximum Gasteiger partial charge on any atom is 0.252 e. The number of H-pyrrole nitrogens is 1. The lowest BCUT2D eigenvalue weighted by Gasteiger charge is -2.08. The van der Waals surface area contributed by atoms with Crippen LogP contribution in [0.1, 0.15) is 52.7 Å². The molecule has 4 aromatic rings. The van der Waals surface area contributed by atoms with Crippen LogP contribution in [0.4, 0.5) is 4.39 Å². The van der Waals surface area contributed by atoms with E-state index in [-0.39, 0.29) is 62.0 Å². The summed E-state index contributed by atoms with van der Waals surface area (Å²) in [4.78, 5) is 44.3. The molecule has 0 radical (unpaired) electrons. The molecule has 0 bridgehead atoms. The van der Waals surface area contributed by atoms with Crippen LogP contribution in [0.2, 0.25) is 0 Å². The van der Waals surface area contributed by atoms with Gasteiger partial charge in [-0.1, -0.05) is 29.8 Å². The molecule has 4 N–H and O–H groups in total. The Morgan fingerprint density at radius 2 is 1.77 bits per heavy atom. The molecule has 0 saturated carbocycles. The molecule has 1 atom stereocenters. The van der Waals surface area contributed by atoms with E-state index in [2.05, 4.69) is 15.3 Å². The van der Waals surface area contributed by atoms with Crippen molar-refractivity contribution >= 4 is 17.5 Å². The summed E-state index contributed by atoms with van der Waals surface area (Å²) in [7, 11) is 0. The van der Waals surface area contributed by atoms with Crippen molar-refractivity contribution in [1.29, 1.82) is 0 Å². The highest BCUT2D eigenvalue weighted by atomic mass is 19.1. The Morgan fingerprint density at radius 3 is 2.55 bits per heavy atom. The number of aromatic amines is 1. The standard InChI is InChI=1S/C34H36FN3O6/c1-22-4-11-31(35)24(15-22)17-28(42)16-23-5-9-29(10-6-23)44-30-12-14-36-33(19-30)32-18-25(20-38-32)34(43)37-13-2-3-26(40)7-8-27(41)21-39/h4-6,9-12,14-15,18-20,27,38-39,41H,2-3,7-8,13,16-17,21H2,1H3,(H,37,43). The lowest BCUT2D eigenvalue weighted by molar-refractivity contribution is -0.120. The minimum absolute atomic E-state index is 0.0263. The van der Waals surface area contributed by atoms with Gasteiger partial charge in [-0.2, -0.15) is 0 Å². The maximum atomic E-state index is 14.0. The van der Waals surface area contributed by atoms with Crippen LogP contribution in [-0.2, 0) is 22.4 Å². The third-order valence-electron chi connectivity index (χ3n) is 6.99. The number of ether oxygens (including phenoxy) is 1. The fraction of sp³-hybridized carbons (Fsp3) is 0.294. The molecule has 2 aromatic carbocycles. The van der Waals surface area contributed by atoms with Crippen LogP contribution in [0.25, 0.3) is 11.4 Å². The van der Waals surface area contributed by atoms with Crippen molar-refractivity contribution in [2.24, 2.45) is 0 Å². The minimum Gasteiger partial charge on any atom is -0.457 e. The summed E-state index contributed by atoms with van der Waals surface area (Å²) in [5.41, 5.74) is 3.72. The SMILES string of the molecule is Cc1ccc(F)c(CC(=O)Cc2ccc(Oc3ccnc(-c4cc(C(=O)NCCCC(=O)CCC(O)CO)c[nH]4)c3)cc2)c1. The maximum absolute atomic E-state index is 14.0. The van der Waals surface area contributed by atoms with E-state index in [1.807, 2.05) is 6.92 Å². The first-order chi connectivity index (χ1) is 21.2. The van der Waals surface area contributed by atoms with E-state index in [1.165, 1.54) is 6.07 Å². The molecule has 2 aromatic heterocycles. The Hall–Kier alpha value is -4.67. The van der Waals surface area contributed by atoms with Crippen LogP contribution in [0, 0.1) is 12.7 Å². The predicted molar refractivity (Wildman–Crippen MR) is 163 cm³/mol. The van der Waals surface area contributed by atoms with E-state index < -0.39 is 6.10 Å². The average Bonchev–Trinajstić information content (AvgIpc) is 3.52. The summed E-state index contributed by atoms with van der Waals surface area (Å²) in [5.74, 6) is 0.330. The lowest BCUT2D eigenvalue weighted by Crippen LogP contribution is -2.24. The van der Waals surface area contributed by atoms with Crippen LogP contribution >= 0.6 is 0 Å². The third-order valence-corrected chi connectivity index (χ3v) is 6.99. The quantitative estimate of drug-likeness (QED) is 0.134. The second-order valence-corrected chi connectivity index (χ2v) is 10.7. The van der Waals surface area contributed by atoms with Crippen molar-refractivity contribution in [2.75, 3.05) is 13.2 Å². The normalized spacial score (nSPS) is 11.6. The van der Waals surface area contributed by atoms with Crippen molar-refractivity contribution < 1.29 is 33.7 Å². The van der Waals surface area contributed by atoms with E-state index in [0.717, 1.165) is 11.1 Å². The molecule has 9 nitrogen and oxygen atoms in total. The largest absolute Gasteiger partial charge is 0.457 e. The number of aliphatic hydroxyl groups excluding tert-OH is 2. The Kier molecular flexibility index (Phi) is 11.5. The number of rotatable bonds is 16. The number of nitrogens with zero attached hydrogens (tertiary/aromatic N) is 1. The number of benzene rings is 2. The molecule has 0 aliphatic rings. The van der Waals surface area contributed by atoms with Crippen molar-refractivity contribution in [3.63, 3.8) is 0 Å². The van der Waals surface area contributed by atoms with Gasteiger partial charge in [0.2, 0.25) is 0 Å². The van der Waals surface area contributed by atoms with Gasteiger partial charge in [0.25, 0.3) is 5.91 Å². The summed E-state index contributed by atoms with van der Waals surface area (Å²) < 4.78 is 20.0. The fourth-order valence-electron chi connectivity index (χ4n) is 4.58. The lowest BCUT2D eigenvalue weighted by atomic mass is 10.0. The summed E-state index contributed by atoms with van der Waals surface area (Å²) in [6.07, 6.45) is 3.68. The number of hydrogen-bond acceptors (Lipinski definition) is 7. The van der Waals surface area contributed by atoms with Gasteiger partial charge in [-0.3, -0.25) is 19.4 Å². The van der Waals surface area contributed by atoms with Gasteiger partial charge in [0.1, 0.15) is 28.9 Å². The van der Waals surface area contributed by atoms with Crippen LogP contribution in [0.5, 0.6) is 11.5 Å². The number of carbonyl (C=O) groups is 3. The predicted octanol–water partition coefficient (Wildman–Crippen LogP) is 4.88. The molecular weight excluding hydrogens is 565 g/mol. The number of pyridine rings is 1. The van der Waals surface area contributed by atoms with Gasteiger partial charge >= 0.3 is 0 Å². The highest BCUT2D eigenvalue weighted by Crippen LogP contribution is 2.26. The highest BCUT2D eigenvalue weighted by Gasteiger charge is 2.13. The number of Topliss-reactive ketones (excluding diaryl/α,β-unsaturated/α-hetero) is 2. The van der Waals surface area contributed by atoms with Gasteiger partial charge in [-0.05, 0) is 61.2 Å². The van der Waals surface area contributed by atoms with Gasteiger partial charge in [-0.15, -0.1) is 0 Å². The number of carbonyl (C=O) groups excluding carboxylic acids is 3. The minimum atomic E-state index is -0.886. The number of ketones is 2. The average molecular weight is 602 g/mol. The van der Waals surface area contributed by atoms with Crippen molar-refractivity contribution in [3.8, 4) is 22.9 Å². The van der Waals surface area contributed by atoms with E-state index in [9.17, 15) is 23.9 Å². The van der Waals surface area contributed by atoms with E-state index in [0.29, 0.717) is 47.0 Å². The molecule has 1 amide bonds. The zero-order chi connectivity index (χ0) is 31.5. The number of amides is 1. The van der Waals surface area contributed by atoms with Crippen LogP contribution in [0.15, 0.2) is 73.1 Å². The zero-order valence-electron chi connectivity index (χ0n) is 24.5. The molecule has 10 heteroatoms. The van der Waals surface area contributed by atoms with Crippen molar-refractivity contribution in [3.05, 3.63) is 101 Å². The molecule has 2 heterocycles. The summed E-state index contributed by atoms with van der Waals surface area (Å²) >= 11 is 0. The smallest absolute Gasteiger partial charge is 0.252 e. The van der Waals surface area contributed by atoms with Gasteiger partial charge in [0.15, 0.2) is 0 Å². The summed E-state index contributed by atoms with van der Waals surface area (Å²) in [5, 5.41) is 20.9. The van der Waals surface area contributed by atoms with E-state index >= 15 is 0 Å². The second-order valence-electron chi connectivity index (χ2n) is 10.7. The molecule has 4 rings (SSSR count). The van der Waals surface area contributed by atoms with E-state index in [4.69, 9.17) is 9.84 Å². The fourth-order valence-corrected chi connectivity index (χ4v) is 4.58. The first-order valence-electron chi connectivity index (χ1n) is 14.5. The van der Waals surface area contributed by atoms with Gasteiger partial charge < -0.3 is 25.3 Å². The van der Waals surface area contributed by atoms with Crippen LogP contribution in [0.3, 0.4) is 0 Å². The van der Waals surface area contributed by atoms with Gasteiger partial charge in [0.05, 0.1) is 29.7 Å². The zero-order valence-corrected chi connectivity index (χ0v) is 24.5. The number of aromatic nitrogens is 2. The third kappa shape index (κ3) is 9.68. The summed E-state index contributed by atoms with van der Waals surface area (Å²) in [6.45, 7) is 1.82. The Labute approximate surface area is 255 Å². The number of halogens is 1. The van der Waals surface area contributed by atoms with Crippen LogP contribution in [-0.4, -0.2) is 56.9 Å². The molecule has 230 valence electrons. The van der Waals surface area contributed by atoms with Gasteiger partial charge in [-0.25, -0.2) is 4.39 Å². The second kappa shape index (κ2) is 15.7. The number of aliphatic hydroxyl groups is 2. The molecular formula is C34H36FN3O6. The topological polar surface area (TPSA) is 142 Å². The number of nitrogens with one attached hydrogen (secondary N) is 2. The first-order valence-corrected chi connectivity index (χ1v) is 14.5. The molecule has 0 saturated heterocycles. The molecule has 1 unspecified atom stereocenters. The van der Waals surface area contributed by atoms with Crippen molar-refractivity contribution in [1.82, 2.24) is 15.3 Å². The Bertz CT molecular complexity index is 1580. The molecule has 0 spiro atoms. The van der Waals surface area contributed by atoms with Crippen molar-refractivity contribution in [2.45, 2.75) is 51.6 Å². The van der Waals surface area contributed by atoms with E-state index in [1.54, 1.807) is 67.0 Å². The Balaban J connectivity index is 1.26. The molecule has 0 aliphatic carbocycles. The molecule has 0 aliphatic heterocycles. The molecule has 0 fully saturated rings. The number of hydrogen-bond donors (Lipinski definition) is 4. The van der Waals surface area contributed by atoms with Crippen LogP contribution < -0.4 is 10.1 Å². The monoisotopic (exact) mass is 601 g/mol. The number of aryl methyl sites for hydroxylation is 1.